The second-order valence-electron chi connectivity index (χ2n) is 4.46. The summed E-state index contributed by atoms with van der Waals surface area (Å²) >= 11 is 0. The van der Waals surface area contributed by atoms with Crippen molar-refractivity contribution in [3.05, 3.63) is 12.2 Å². The average Bonchev–Trinajstić information content (AvgIpc) is 2.77. The summed E-state index contributed by atoms with van der Waals surface area (Å²) < 4.78 is 27.7. The normalized spacial score (nSPS) is 11.9. The third kappa shape index (κ3) is 6.65. The number of unbranched alkanes of at least 4 members (excludes halogenated alkanes) is 1. The van der Waals surface area contributed by atoms with E-state index < -0.39 is 10.0 Å². The van der Waals surface area contributed by atoms with Crippen LogP contribution in [0.25, 0.3) is 0 Å². The van der Waals surface area contributed by atoms with Crippen molar-refractivity contribution in [3.8, 4) is 0 Å². The van der Waals surface area contributed by atoms with Crippen molar-refractivity contribution in [1.29, 1.82) is 0 Å². The molecule has 1 aromatic heterocycles. The number of aryl methyl sites for hydroxylation is 1. The zero-order chi connectivity index (χ0) is 14.1. The quantitative estimate of drug-likeness (QED) is 0.593. The Morgan fingerprint density at radius 3 is 2.74 bits per heavy atom. The van der Waals surface area contributed by atoms with Crippen molar-refractivity contribution in [1.82, 2.24) is 24.8 Å². The molecule has 1 aromatic rings. The molecule has 0 fully saturated rings. The second kappa shape index (κ2) is 8.23. The lowest BCUT2D eigenvalue weighted by molar-refractivity contribution is 0.569. The van der Waals surface area contributed by atoms with E-state index in [1.54, 1.807) is 17.9 Å². The van der Waals surface area contributed by atoms with Gasteiger partial charge in [0.2, 0.25) is 10.0 Å². The van der Waals surface area contributed by atoms with E-state index in [-0.39, 0.29) is 12.3 Å². The molecule has 0 saturated heterocycles. The zero-order valence-corrected chi connectivity index (χ0v) is 12.4. The lowest BCUT2D eigenvalue weighted by Gasteiger charge is -2.06. The van der Waals surface area contributed by atoms with E-state index in [2.05, 4.69) is 27.2 Å². The van der Waals surface area contributed by atoms with E-state index in [0.717, 1.165) is 25.9 Å². The third-order valence-electron chi connectivity index (χ3n) is 2.70. The van der Waals surface area contributed by atoms with Gasteiger partial charge in [0.15, 0.2) is 0 Å². The molecular weight excluding hydrogens is 266 g/mol. The van der Waals surface area contributed by atoms with E-state index in [0.29, 0.717) is 12.2 Å². The summed E-state index contributed by atoms with van der Waals surface area (Å²) in [5, 5.41) is 10.8. The number of aromatic nitrogens is 3. The smallest absolute Gasteiger partial charge is 0.212 e. The van der Waals surface area contributed by atoms with Crippen LogP contribution in [0.4, 0.5) is 0 Å². The number of sulfonamides is 1. The Hall–Kier alpha value is -0.990. The van der Waals surface area contributed by atoms with E-state index in [1.807, 2.05) is 0 Å². The van der Waals surface area contributed by atoms with Crippen molar-refractivity contribution >= 4 is 10.0 Å². The highest BCUT2D eigenvalue weighted by Crippen LogP contribution is 1.97. The van der Waals surface area contributed by atoms with Gasteiger partial charge in [-0.3, -0.25) is 0 Å². The summed E-state index contributed by atoms with van der Waals surface area (Å²) in [6, 6.07) is 0. The molecule has 0 amide bonds. The van der Waals surface area contributed by atoms with Crippen LogP contribution in [0.2, 0.25) is 0 Å². The van der Waals surface area contributed by atoms with Gasteiger partial charge in [0.25, 0.3) is 0 Å². The number of hydrogen-bond donors (Lipinski definition) is 2. The number of rotatable bonds is 10. The van der Waals surface area contributed by atoms with Gasteiger partial charge in [0, 0.05) is 7.05 Å². The molecule has 7 nitrogen and oxygen atoms in total. The van der Waals surface area contributed by atoms with Crippen LogP contribution in [0, 0.1) is 0 Å². The molecule has 0 spiro atoms. The summed E-state index contributed by atoms with van der Waals surface area (Å²) in [6.07, 6.45) is 4.16. The zero-order valence-electron chi connectivity index (χ0n) is 11.6. The van der Waals surface area contributed by atoms with Gasteiger partial charge >= 0.3 is 0 Å². The fourth-order valence-electron chi connectivity index (χ4n) is 1.56. The van der Waals surface area contributed by atoms with Crippen LogP contribution in [0.5, 0.6) is 0 Å². The number of nitrogens with one attached hydrogen (secondary N) is 2. The Labute approximate surface area is 114 Å². The molecule has 0 unspecified atom stereocenters. The molecule has 0 radical (unpaired) electrons. The van der Waals surface area contributed by atoms with E-state index >= 15 is 0 Å². The van der Waals surface area contributed by atoms with Crippen molar-refractivity contribution in [2.75, 3.05) is 18.8 Å². The van der Waals surface area contributed by atoms with Gasteiger partial charge < -0.3 is 9.88 Å². The van der Waals surface area contributed by atoms with Gasteiger partial charge in [-0.15, -0.1) is 10.2 Å². The minimum atomic E-state index is -3.23. The van der Waals surface area contributed by atoms with Gasteiger partial charge in [-0.1, -0.05) is 6.92 Å². The first-order chi connectivity index (χ1) is 9.05. The van der Waals surface area contributed by atoms with E-state index in [9.17, 15) is 8.42 Å². The first-order valence-corrected chi connectivity index (χ1v) is 8.21. The molecule has 0 aliphatic carbocycles. The largest absolute Gasteiger partial charge is 0.320 e. The summed E-state index contributed by atoms with van der Waals surface area (Å²) in [5.41, 5.74) is 0. The monoisotopic (exact) mass is 289 g/mol. The van der Waals surface area contributed by atoms with Crippen molar-refractivity contribution in [2.24, 2.45) is 7.05 Å². The Balaban J connectivity index is 2.19. The summed E-state index contributed by atoms with van der Waals surface area (Å²) in [6.45, 7) is 4.14. The standard InChI is InChI=1S/C11H23N5O2S/c1-3-6-12-7-4-5-8-19(17,18)14-9-11-15-13-10-16(11)2/h10,12,14H,3-9H2,1-2H3. The fourth-order valence-corrected chi connectivity index (χ4v) is 2.64. The molecule has 0 aromatic carbocycles. The predicted molar refractivity (Wildman–Crippen MR) is 74.0 cm³/mol. The molecule has 0 aliphatic rings. The van der Waals surface area contributed by atoms with Gasteiger partial charge in [-0.25, -0.2) is 13.1 Å². The van der Waals surface area contributed by atoms with E-state index in [1.165, 1.54) is 0 Å². The van der Waals surface area contributed by atoms with Crippen molar-refractivity contribution < 1.29 is 8.42 Å². The maximum absolute atomic E-state index is 11.7. The number of nitrogens with zero attached hydrogens (tertiary/aromatic N) is 3. The first-order valence-electron chi connectivity index (χ1n) is 6.56. The highest BCUT2D eigenvalue weighted by molar-refractivity contribution is 7.89. The van der Waals surface area contributed by atoms with Gasteiger partial charge in [-0.2, -0.15) is 0 Å². The molecular formula is C11H23N5O2S. The lowest BCUT2D eigenvalue weighted by Crippen LogP contribution is -2.27. The minimum absolute atomic E-state index is 0.151. The Kier molecular flexibility index (Phi) is 6.96. The minimum Gasteiger partial charge on any atom is -0.320 e. The van der Waals surface area contributed by atoms with Crippen LogP contribution in [0.3, 0.4) is 0 Å². The van der Waals surface area contributed by atoms with Crippen LogP contribution < -0.4 is 10.0 Å². The van der Waals surface area contributed by atoms with Gasteiger partial charge in [-0.05, 0) is 32.4 Å². The Bertz CT molecular complexity index is 457. The SMILES string of the molecule is CCCNCCCCS(=O)(=O)NCc1nncn1C. The Morgan fingerprint density at radius 1 is 1.32 bits per heavy atom. The van der Waals surface area contributed by atoms with Crippen LogP contribution in [0.15, 0.2) is 6.33 Å². The predicted octanol–water partition coefficient (Wildman–Crippen LogP) is 0.0143. The maximum atomic E-state index is 11.7. The van der Waals surface area contributed by atoms with Gasteiger partial charge in [0.05, 0.1) is 12.3 Å². The highest BCUT2D eigenvalue weighted by atomic mass is 32.2. The second-order valence-corrected chi connectivity index (χ2v) is 6.38. The van der Waals surface area contributed by atoms with Crippen molar-refractivity contribution in [3.63, 3.8) is 0 Å². The number of hydrogen-bond acceptors (Lipinski definition) is 5. The molecule has 110 valence electrons. The highest BCUT2D eigenvalue weighted by Gasteiger charge is 2.11. The van der Waals surface area contributed by atoms with Gasteiger partial charge in [0.1, 0.15) is 12.2 Å². The Morgan fingerprint density at radius 2 is 2.11 bits per heavy atom. The summed E-state index contributed by atoms with van der Waals surface area (Å²) in [5.74, 6) is 0.756. The lowest BCUT2D eigenvalue weighted by atomic mass is 10.3. The molecule has 0 aliphatic heterocycles. The van der Waals surface area contributed by atoms with Crippen LogP contribution >= 0.6 is 0 Å². The molecule has 2 N–H and O–H groups in total. The average molecular weight is 289 g/mol. The fraction of sp³-hybridized carbons (Fsp3) is 0.818. The molecule has 1 rings (SSSR count). The summed E-state index contributed by atoms with van der Waals surface area (Å²) in [4.78, 5) is 0. The first kappa shape index (κ1) is 16.1. The van der Waals surface area contributed by atoms with E-state index in [4.69, 9.17) is 0 Å². The van der Waals surface area contributed by atoms with Crippen molar-refractivity contribution in [2.45, 2.75) is 32.7 Å². The molecule has 19 heavy (non-hydrogen) atoms. The maximum Gasteiger partial charge on any atom is 0.212 e. The molecule has 0 atom stereocenters. The van der Waals surface area contributed by atoms with Crippen LogP contribution in [-0.2, 0) is 23.6 Å². The molecule has 8 heteroatoms. The molecule has 1 heterocycles. The van der Waals surface area contributed by atoms with Crippen LogP contribution in [-0.4, -0.2) is 42.0 Å². The topological polar surface area (TPSA) is 88.9 Å². The van der Waals surface area contributed by atoms with Crippen LogP contribution in [0.1, 0.15) is 32.0 Å². The molecule has 0 bridgehead atoms. The molecule has 0 saturated carbocycles. The third-order valence-corrected chi connectivity index (χ3v) is 4.11. The summed E-state index contributed by atoms with van der Waals surface area (Å²) in [7, 11) is -1.45.